The topological polar surface area (TPSA) is 17.1 Å². The van der Waals surface area contributed by atoms with Crippen LogP contribution in [0, 0.1) is 0 Å². The van der Waals surface area contributed by atoms with Gasteiger partial charge in [-0.3, -0.25) is 4.79 Å². The van der Waals surface area contributed by atoms with Crippen LogP contribution in [0.3, 0.4) is 0 Å². The molecule has 0 amide bonds. The van der Waals surface area contributed by atoms with E-state index < -0.39 is 0 Å². The molecule has 0 N–H and O–H groups in total. The highest BCUT2D eigenvalue weighted by Crippen LogP contribution is 2.23. The van der Waals surface area contributed by atoms with Gasteiger partial charge in [-0.15, -0.1) is 0 Å². The third-order valence-corrected chi connectivity index (χ3v) is 3.63. The molecule has 1 aromatic rings. The monoisotopic (exact) mass is 198 g/mol. The lowest BCUT2D eigenvalue weighted by Gasteiger charge is -2.11. The maximum Gasteiger partial charge on any atom is 0.156 e. The second-order valence-corrected chi connectivity index (χ2v) is 4.48. The molecule has 76 valence electrons. The Bertz CT molecular complexity index is 563. The zero-order chi connectivity index (χ0) is 10.4. The van der Waals surface area contributed by atoms with Crippen molar-refractivity contribution in [2.45, 2.75) is 32.6 Å². The van der Waals surface area contributed by atoms with E-state index in [0.29, 0.717) is 0 Å². The number of carbonyl (C=O) groups excluding carboxylic acids is 1. The summed E-state index contributed by atoms with van der Waals surface area (Å²) < 4.78 is 0. The van der Waals surface area contributed by atoms with Crippen LogP contribution < -0.4 is 10.4 Å². The molecule has 2 aliphatic carbocycles. The molecule has 0 aromatic heterocycles. The third-order valence-electron chi connectivity index (χ3n) is 3.63. The Hall–Kier alpha value is -1.37. The molecule has 15 heavy (non-hydrogen) atoms. The Balaban J connectivity index is 2.50. The van der Waals surface area contributed by atoms with Crippen molar-refractivity contribution >= 4 is 16.9 Å². The van der Waals surface area contributed by atoms with Crippen molar-refractivity contribution in [2.75, 3.05) is 0 Å². The average Bonchev–Trinajstić information content (AvgIpc) is 2.64. The first-order chi connectivity index (χ1) is 7.27. The molecule has 0 atom stereocenters. The molecule has 0 saturated carbocycles. The van der Waals surface area contributed by atoms with Gasteiger partial charge in [0.1, 0.15) is 0 Å². The van der Waals surface area contributed by atoms with Gasteiger partial charge in [-0.2, -0.15) is 0 Å². The van der Waals surface area contributed by atoms with Gasteiger partial charge in [0.15, 0.2) is 5.78 Å². The van der Waals surface area contributed by atoms with Crippen molar-refractivity contribution in [3.05, 3.63) is 34.2 Å². The van der Waals surface area contributed by atoms with Crippen molar-refractivity contribution < 1.29 is 4.79 Å². The molecule has 0 radical (unpaired) electrons. The first kappa shape index (κ1) is 8.90. The minimum absolute atomic E-state index is 0.245. The van der Waals surface area contributed by atoms with Gasteiger partial charge in [-0.25, -0.2) is 0 Å². The Labute approximate surface area is 89.1 Å². The summed E-state index contributed by atoms with van der Waals surface area (Å²) in [5, 5.41) is 2.63. The fraction of sp³-hybridized carbons (Fsp3) is 0.357. The van der Waals surface area contributed by atoms with Gasteiger partial charge in [0, 0.05) is 5.57 Å². The number of carbonyl (C=O) groups is 1. The lowest BCUT2D eigenvalue weighted by Crippen LogP contribution is -2.34. The second kappa shape index (κ2) is 3.06. The van der Waals surface area contributed by atoms with E-state index in [-0.39, 0.29) is 5.78 Å². The number of aryl methyl sites for hydroxylation is 1. The molecular weight excluding hydrogens is 184 g/mol. The summed E-state index contributed by atoms with van der Waals surface area (Å²) in [5.74, 6) is 0.245. The van der Waals surface area contributed by atoms with Crippen LogP contribution in [-0.2, 0) is 11.2 Å². The van der Waals surface area contributed by atoms with Crippen molar-refractivity contribution in [1.29, 1.82) is 0 Å². The fourth-order valence-corrected chi connectivity index (χ4v) is 2.91. The maximum absolute atomic E-state index is 11.6. The summed E-state index contributed by atoms with van der Waals surface area (Å²) in [5.41, 5.74) is 4.06. The van der Waals surface area contributed by atoms with Crippen LogP contribution in [0.4, 0.5) is 0 Å². The Kier molecular flexibility index (Phi) is 1.82. The number of hydrogen-bond donors (Lipinski definition) is 0. The highest BCUT2D eigenvalue weighted by atomic mass is 16.1. The predicted molar refractivity (Wildman–Crippen MR) is 60.7 cm³/mol. The first-order valence-electron chi connectivity index (χ1n) is 5.61. The van der Waals surface area contributed by atoms with Gasteiger partial charge in [-0.05, 0) is 48.6 Å². The lowest BCUT2D eigenvalue weighted by molar-refractivity contribution is -0.112. The largest absolute Gasteiger partial charge is 0.295 e. The molecule has 0 saturated heterocycles. The highest BCUT2D eigenvalue weighted by Gasteiger charge is 2.19. The van der Waals surface area contributed by atoms with Crippen LogP contribution in [0.2, 0.25) is 0 Å². The summed E-state index contributed by atoms with van der Waals surface area (Å²) in [7, 11) is 0. The molecule has 0 unspecified atom stereocenters. The molecule has 0 heterocycles. The van der Waals surface area contributed by atoms with E-state index in [0.717, 1.165) is 18.4 Å². The minimum atomic E-state index is 0.245. The Morgan fingerprint density at radius 3 is 2.73 bits per heavy atom. The van der Waals surface area contributed by atoms with Gasteiger partial charge < -0.3 is 0 Å². The molecule has 1 nitrogen and oxygen atoms in total. The lowest BCUT2D eigenvalue weighted by atomic mass is 9.93. The van der Waals surface area contributed by atoms with Crippen LogP contribution in [0.5, 0.6) is 0 Å². The zero-order valence-corrected chi connectivity index (χ0v) is 8.97. The Morgan fingerprint density at radius 2 is 1.93 bits per heavy atom. The summed E-state index contributed by atoms with van der Waals surface area (Å²) in [6, 6.07) is 6.40. The van der Waals surface area contributed by atoms with Gasteiger partial charge in [0.05, 0.1) is 0 Å². The van der Waals surface area contributed by atoms with Crippen LogP contribution in [0.25, 0.3) is 11.1 Å². The fourth-order valence-electron chi connectivity index (χ4n) is 2.91. The standard InChI is InChI=1S/C14H14O/c1-9(15)12-8-7-11-6-5-10-3-2-4-13(12)14(10)11/h2-4H,5-8H2,1H3. The van der Waals surface area contributed by atoms with Gasteiger partial charge in [-0.1, -0.05) is 23.8 Å². The van der Waals surface area contributed by atoms with Crippen LogP contribution in [-0.4, -0.2) is 5.78 Å². The molecule has 0 spiro atoms. The van der Waals surface area contributed by atoms with E-state index in [1.165, 1.54) is 28.8 Å². The van der Waals surface area contributed by atoms with Crippen molar-refractivity contribution in [1.82, 2.24) is 0 Å². The number of ketones is 1. The SMILES string of the molecule is CC(=O)C1=c2cccc3c2=C(CC1)CC3. The smallest absolute Gasteiger partial charge is 0.156 e. The Morgan fingerprint density at radius 1 is 1.13 bits per heavy atom. The normalized spacial score (nSPS) is 17.9. The number of hydrogen-bond acceptors (Lipinski definition) is 1. The molecule has 3 rings (SSSR count). The summed E-state index contributed by atoms with van der Waals surface area (Å²) in [4.78, 5) is 11.6. The van der Waals surface area contributed by atoms with Crippen LogP contribution >= 0.6 is 0 Å². The molecule has 0 fully saturated rings. The van der Waals surface area contributed by atoms with E-state index in [2.05, 4.69) is 18.2 Å². The van der Waals surface area contributed by atoms with E-state index >= 15 is 0 Å². The zero-order valence-electron chi connectivity index (χ0n) is 8.97. The van der Waals surface area contributed by atoms with Crippen molar-refractivity contribution in [3.63, 3.8) is 0 Å². The van der Waals surface area contributed by atoms with E-state index in [1.807, 2.05) is 0 Å². The van der Waals surface area contributed by atoms with Crippen molar-refractivity contribution in [3.8, 4) is 0 Å². The van der Waals surface area contributed by atoms with E-state index in [1.54, 1.807) is 12.5 Å². The molecule has 0 bridgehead atoms. The van der Waals surface area contributed by atoms with Crippen LogP contribution in [0.15, 0.2) is 18.2 Å². The van der Waals surface area contributed by atoms with Gasteiger partial charge in [0.25, 0.3) is 0 Å². The average molecular weight is 198 g/mol. The quantitative estimate of drug-likeness (QED) is 0.665. The first-order valence-corrected chi connectivity index (χ1v) is 5.61. The van der Waals surface area contributed by atoms with Gasteiger partial charge >= 0.3 is 0 Å². The van der Waals surface area contributed by atoms with Gasteiger partial charge in [0.2, 0.25) is 0 Å². The number of benzene rings is 1. The number of Topliss-reactive ketones (excluding diaryl/α,β-unsaturated/α-hetero) is 1. The predicted octanol–water partition coefficient (Wildman–Crippen LogP) is 1.32. The molecule has 1 aromatic carbocycles. The summed E-state index contributed by atoms with van der Waals surface area (Å²) in [6.07, 6.45) is 4.42. The summed E-state index contributed by atoms with van der Waals surface area (Å²) in [6.45, 7) is 1.69. The second-order valence-electron chi connectivity index (χ2n) is 4.48. The minimum Gasteiger partial charge on any atom is -0.295 e. The van der Waals surface area contributed by atoms with E-state index in [4.69, 9.17) is 0 Å². The molecule has 2 aliphatic rings. The summed E-state index contributed by atoms with van der Waals surface area (Å²) >= 11 is 0. The molecule has 0 aliphatic heterocycles. The van der Waals surface area contributed by atoms with Crippen LogP contribution in [0.1, 0.15) is 31.7 Å². The van der Waals surface area contributed by atoms with Crippen molar-refractivity contribution in [2.24, 2.45) is 0 Å². The maximum atomic E-state index is 11.6. The highest BCUT2D eigenvalue weighted by molar-refractivity contribution is 6.13. The van der Waals surface area contributed by atoms with E-state index in [9.17, 15) is 4.79 Å². The third kappa shape index (κ3) is 1.19. The molecular formula is C14H14O. The molecule has 1 heteroatoms. The number of rotatable bonds is 1.